The van der Waals surface area contributed by atoms with E-state index in [-0.39, 0.29) is 12.0 Å². The number of anilines is 2. The molecule has 0 saturated carbocycles. The van der Waals surface area contributed by atoms with Crippen LogP contribution >= 0.6 is 11.6 Å². The van der Waals surface area contributed by atoms with Gasteiger partial charge in [-0.15, -0.1) is 0 Å². The van der Waals surface area contributed by atoms with E-state index in [0.717, 1.165) is 6.42 Å². The number of nitrogens with two attached hydrogens (primary N) is 1. The van der Waals surface area contributed by atoms with Crippen LogP contribution in [0.3, 0.4) is 0 Å². The molecule has 0 aliphatic heterocycles. The van der Waals surface area contributed by atoms with Crippen LogP contribution < -0.4 is 11.1 Å². The third-order valence-corrected chi connectivity index (χ3v) is 3.05. The van der Waals surface area contributed by atoms with E-state index in [4.69, 9.17) is 22.1 Å². The van der Waals surface area contributed by atoms with Crippen LogP contribution in [0.1, 0.15) is 33.1 Å². The molecule has 4 nitrogen and oxygen atoms in total. The topological polar surface area (TPSA) is 64.3 Å². The number of nitrogen functional groups attached to an aromatic ring is 1. The number of hydrogen-bond acceptors (Lipinski definition) is 3. The van der Waals surface area contributed by atoms with Gasteiger partial charge in [-0.2, -0.15) is 0 Å². The summed E-state index contributed by atoms with van der Waals surface area (Å²) in [6.45, 7) is 4.68. The average molecular weight is 285 g/mol. The summed E-state index contributed by atoms with van der Waals surface area (Å²) in [5.41, 5.74) is 6.82. The first kappa shape index (κ1) is 15.8. The van der Waals surface area contributed by atoms with E-state index in [1.165, 1.54) is 0 Å². The largest absolute Gasteiger partial charge is 0.397 e. The summed E-state index contributed by atoms with van der Waals surface area (Å²) < 4.78 is 5.51. The van der Waals surface area contributed by atoms with Gasteiger partial charge in [0.25, 0.3) is 0 Å². The Morgan fingerprint density at radius 2 is 2.26 bits per heavy atom. The van der Waals surface area contributed by atoms with Crippen molar-refractivity contribution in [2.45, 2.75) is 39.2 Å². The van der Waals surface area contributed by atoms with Crippen molar-refractivity contribution < 1.29 is 9.53 Å². The van der Waals surface area contributed by atoms with Crippen molar-refractivity contribution in [2.24, 2.45) is 0 Å². The molecule has 0 radical (unpaired) electrons. The first-order chi connectivity index (χ1) is 9.02. The van der Waals surface area contributed by atoms with Crippen molar-refractivity contribution in [1.29, 1.82) is 0 Å². The van der Waals surface area contributed by atoms with Gasteiger partial charge in [0.2, 0.25) is 5.91 Å². The first-order valence-electron chi connectivity index (χ1n) is 6.49. The number of nitrogens with one attached hydrogen (secondary N) is 1. The lowest BCUT2D eigenvalue weighted by Crippen LogP contribution is -2.14. The van der Waals surface area contributed by atoms with E-state index in [1.54, 1.807) is 18.2 Å². The maximum Gasteiger partial charge on any atom is 0.224 e. The molecule has 0 aliphatic rings. The molecular weight excluding hydrogens is 264 g/mol. The summed E-state index contributed by atoms with van der Waals surface area (Å²) in [7, 11) is 0. The standard InChI is InChI=1S/C14H21ClN2O2/c1-3-10(2)19-8-4-5-14(18)17-13-9-11(15)6-7-12(13)16/h6-7,9-10H,3-5,8,16H2,1-2H3,(H,17,18). The third-order valence-electron chi connectivity index (χ3n) is 2.81. The predicted octanol–water partition coefficient (Wildman–Crippen LogP) is 3.46. The van der Waals surface area contributed by atoms with Crippen molar-refractivity contribution >= 4 is 28.9 Å². The molecule has 5 heteroatoms. The molecule has 3 N–H and O–H groups in total. The quantitative estimate of drug-likeness (QED) is 0.595. The Labute approximate surface area is 119 Å². The molecule has 1 unspecified atom stereocenters. The van der Waals surface area contributed by atoms with Crippen molar-refractivity contribution in [3.8, 4) is 0 Å². The van der Waals surface area contributed by atoms with Gasteiger partial charge in [-0.3, -0.25) is 4.79 Å². The van der Waals surface area contributed by atoms with Crippen molar-refractivity contribution in [2.75, 3.05) is 17.7 Å². The number of amides is 1. The Morgan fingerprint density at radius 3 is 2.95 bits per heavy atom. The second kappa shape index (κ2) is 8.02. The Hall–Kier alpha value is -1.26. The van der Waals surface area contributed by atoms with Gasteiger partial charge in [0, 0.05) is 18.1 Å². The summed E-state index contributed by atoms with van der Waals surface area (Å²) >= 11 is 5.85. The Balaban J connectivity index is 2.33. The summed E-state index contributed by atoms with van der Waals surface area (Å²) in [4.78, 5) is 11.7. The van der Waals surface area contributed by atoms with Crippen LogP contribution in [0.5, 0.6) is 0 Å². The van der Waals surface area contributed by atoms with E-state index >= 15 is 0 Å². The van der Waals surface area contributed by atoms with Crippen LogP contribution in [0, 0.1) is 0 Å². The highest BCUT2D eigenvalue weighted by molar-refractivity contribution is 6.31. The fourth-order valence-electron chi connectivity index (χ4n) is 1.48. The summed E-state index contributed by atoms with van der Waals surface area (Å²) in [5, 5.41) is 3.30. The Morgan fingerprint density at radius 1 is 1.53 bits per heavy atom. The molecule has 0 heterocycles. The van der Waals surface area contributed by atoms with E-state index in [2.05, 4.69) is 12.2 Å². The molecule has 1 atom stereocenters. The van der Waals surface area contributed by atoms with Gasteiger partial charge >= 0.3 is 0 Å². The third kappa shape index (κ3) is 5.94. The number of hydrogen-bond donors (Lipinski definition) is 2. The normalized spacial score (nSPS) is 12.2. The Bertz CT molecular complexity index is 424. The zero-order chi connectivity index (χ0) is 14.3. The van der Waals surface area contributed by atoms with Gasteiger partial charge in [-0.1, -0.05) is 18.5 Å². The maximum atomic E-state index is 11.7. The van der Waals surface area contributed by atoms with E-state index in [1.807, 2.05) is 6.92 Å². The van der Waals surface area contributed by atoms with Crippen LogP contribution in [0.25, 0.3) is 0 Å². The van der Waals surface area contributed by atoms with Gasteiger partial charge < -0.3 is 15.8 Å². The van der Waals surface area contributed by atoms with Crippen LogP contribution in [-0.4, -0.2) is 18.6 Å². The smallest absolute Gasteiger partial charge is 0.224 e. The molecule has 1 aromatic rings. The lowest BCUT2D eigenvalue weighted by Gasteiger charge is -2.11. The predicted molar refractivity (Wildman–Crippen MR) is 79.4 cm³/mol. The highest BCUT2D eigenvalue weighted by Gasteiger charge is 2.06. The van der Waals surface area contributed by atoms with Crippen molar-refractivity contribution in [3.63, 3.8) is 0 Å². The summed E-state index contributed by atoms with van der Waals surface area (Å²) in [5.74, 6) is -0.0817. The van der Waals surface area contributed by atoms with Gasteiger partial charge in [-0.05, 0) is 38.0 Å². The van der Waals surface area contributed by atoms with Crippen LogP contribution in [0.4, 0.5) is 11.4 Å². The fourth-order valence-corrected chi connectivity index (χ4v) is 1.66. The maximum absolute atomic E-state index is 11.7. The molecule has 106 valence electrons. The number of carbonyl (C=O) groups excluding carboxylic acids is 1. The second-order valence-electron chi connectivity index (χ2n) is 4.47. The van der Waals surface area contributed by atoms with Crippen molar-refractivity contribution in [1.82, 2.24) is 0 Å². The highest BCUT2D eigenvalue weighted by atomic mass is 35.5. The lowest BCUT2D eigenvalue weighted by molar-refractivity contribution is -0.116. The van der Waals surface area contributed by atoms with Crippen LogP contribution in [0.15, 0.2) is 18.2 Å². The van der Waals surface area contributed by atoms with Crippen molar-refractivity contribution in [3.05, 3.63) is 23.2 Å². The number of benzene rings is 1. The average Bonchev–Trinajstić information content (AvgIpc) is 2.38. The highest BCUT2D eigenvalue weighted by Crippen LogP contribution is 2.23. The summed E-state index contributed by atoms with van der Waals surface area (Å²) in [6, 6.07) is 5.00. The van der Waals surface area contributed by atoms with Gasteiger partial charge in [0.15, 0.2) is 0 Å². The molecular formula is C14H21ClN2O2. The molecule has 0 aliphatic carbocycles. The molecule has 1 aromatic carbocycles. The van der Waals surface area contributed by atoms with Crippen LogP contribution in [-0.2, 0) is 9.53 Å². The Kier molecular flexibility index (Phi) is 6.67. The van der Waals surface area contributed by atoms with E-state index in [9.17, 15) is 4.79 Å². The minimum absolute atomic E-state index is 0.0817. The second-order valence-corrected chi connectivity index (χ2v) is 4.91. The molecule has 0 saturated heterocycles. The molecule has 1 amide bonds. The zero-order valence-corrected chi connectivity index (χ0v) is 12.2. The molecule has 1 rings (SSSR count). The number of rotatable bonds is 7. The zero-order valence-electron chi connectivity index (χ0n) is 11.4. The molecule has 19 heavy (non-hydrogen) atoms. The van der Waals surface area contributed by atoms with Gasteiger partial charge in [0.05, 0.1) is 17.5 Å². The van der Waals surface area contributed by atoms with Gasteiger partial charge in [0.1, 0.15) is 0 Å². The van der Waals surface area contributed by atoms with Gasteiger partial charge in [-0.25, -0.2) is 0 Å². The number of halogens is 1. The first-order valence-corrected chi connectivity index (χ1v) is 6.87. The fraction of sp³-hybridized carbons (Fsp3) is 0.500. The SMILES string of the molecule is CCC(C)OCCCC(=O)Nc1cc(Cl)ccc1N. The lowest BCUT2D eigenvalue weighted by atomic mass is 10.2. The van der Waals surface area contributed by atoms with E-state index in [0.29, 0.717) is 35.8 Å². The monoisotopic (exact) mass is 284 g/mol. The molecule has 0 aromatic heterocycles. The van der Waals surface area contributed by atoms with Crippen LogP contribution in [0.2, 0.25) is 5.02 Å². The summed E-state index contributed by atoms with van der Waals surface area (Å²) in [6.07, 6.45) is 2.32. The van der Waals surface area contributed by atoms with E-state index < -0.39 is 0 Å². The molecule has 0 spiro atoms. The number of carbonyl (C=O) groups is 1. The minimum Gasteiger partial charge on any atom is -0.397 e. The molecule has 0 fully saturated rings. The molecule has 0 bridgehead atoms. The minimum atomic E-state index is -0.0817. The number of ether oxygens (including phenoxy) is 1.